The van der Waals surface area contributed by atoms with Gasteiger partial charge in [-0.15, -0.1) is 4.79 Å². The van der Waals surface area contributed by atoms with Crippen LogP contribution in [0.25, 0.3) is 0 Å². The standard InChI is InChI=1S/C36H62N6O4/c1-7-9-11-13-15-17-19-23-45-27-33(43)37-32-26-31(36(3,4)5)39-42(32)41(34-25-30(29-21-22-29)38-40(34)6)35(44)28-46-24-20-18-16-14-12-10-8-2/h25-26,29H,7-24,27-28H2,1-6H3,(H,37,43). The van der Waals surface area contributed by atoms with Crippen LogP contribution >= 0.6 is 0 Å². The maximum Gasteiger partial charge on any atom is 0.274 e. The van der Waals surface area contributed by atoms with E-state index in [1.807, 2.05) is 19.2 Å². The summed E-state index contributed by atoms with van der Waals surface area (Å²) in [6, 6.07) is 3.80. The summed E-state index contributed by atoms with van der Waals surface area (Å²) in [6.45, 7) is 11.5. The van der Waals surface area contributed by atoms with Crippen LogP contribution in [0.4, 0.5) is 11.6 Å². The van der Waals surface area contributed by atoms with E-state index in [2.05, 4.69) is 39.9 Å². The Morgan fingerprint density at radius 1 is 0.826 bits per heavy atom. The number of hydrogen-bond donors (Lipinski definition) is 1. The third-order valence-electron chi connectivity index (χ3n) is 8.48. The topological polar surface area (TPSA) is 104 Å². The van der Waals surface area contributed by atoms with Crippen LogP contribution in [-0.2, 0) is 31.5 Å². The second-order valence-corrected chi connectivity index (χ2v) is 14.0. The first kappa shape index (κ1) is 37.7. The molecule has 1 N–H and O–H groups in total. The van der Waals surface area contributed by atoms with E-state index in [1.165, 1.54) is 74.0 Å². The van der Waals surface area contributed by atoms with Gasteiger partial charge in [0.1, 0.15) is 13.2 Å². The van der Waals surface area contributed by atoms with E-state index in [1.54, 1.807) is 4.68 Å². The van der Waals surface area contributed by atoms with E-state index in [0.717, 1.165) is 49.9 Å². The van der Waals surface area contributed by atoms with Gasteiger partial charge in [-0.05, 0) is 25.7 Å². The van der Waals surface area contributed by atoms with Gasteiger partial charge in [-0.25, -0.2) is 0 Å². The molecule has 1 saturated carbocycles. The Hall–Kier alpha value is -2.72. The molecule has 10 nitrogen and oxygen atoms in total. The molecule has 0 unspecified atom stereocenters. The summed E-state index contributed by atoms with van der Waals surface area (Å²) in [5.74, 6) is 0.851. The van der Waals surface area contributed by atoms with Crippen molar-refractivity contribution in [2.45, 2.75) is 149 Å². The van der Waals surface area contributed by atoms with Crippen LogP contribution in [0.15, 0.2) is 12.1 Å². The summed E-state index contributed by atoms with van der Waals surface area (Å²) >= 11 is 0. The van der Waals surface area contributed by atoms with Crippen molar-refractivity contribution in [1.29, 1.82) is 0 Å². The van der Waals surface area contributed by atoms with Crippen LogP contribution < -0.4 is 10.3 Å². The zero-order chi connectivity index (χ0) is 33.4. The molecule has 2 aromatic heterocycles. The highest BCUT2D eigenvalue weighted by atomic mass is 16.5. The lowest BCUT2D eigenvalue weighted by molar-refractivity contribution is -0.124. The molecule has 3 rings (SSSR count). The third-order valence-corrected chi connectivity index (χ3v) is 8.48. The van der Waals surface area contributed by atoms with Crippen molar-refractivity contribution in [3.8, 4) is 0 Å². The zero-order valence-corrected chi connectivity index (χ0v) is 29.7. The van der Waals surface area contributed by atoms with Crippen molar-refractivity contribution < 1.29 is 19.1 Å². The van der Waals surface area contributed by atoms with E-state index in [9.17, 15) is 9.59 Å². The van der Waals surface area contributed by atoms with Gasteiger partial charge in [-0.2, -0.15) is 15.2 Å². The van der Waals surface area contributed by atoms with E-state index in [4.69, 9.17) is 19.7 Å². The number of hydrogen-bond acceptors (Lipinski definition) is 6. The second kappa shape index (κ2) is 19.8. The Bertz CT molecular complexity index is 1180. The highest BCUT2D eigenvalue weighted by Gasteiger charge is 2.32. The van der Waals surface area contributed by atoms with Crippen molar-refractivity contribution in [1.82, 2.24) is 19.7 Å². The number of aryl methyl sites for hydroxylation is 1. The molecule has 1 fully saturated rings. The van der Waals surface area contributed by atoms with Gasteiger partial charge >= 0.3 is 0 Å². The Balaban J connectivity index is 1.69. The van der Waals surface area contributed by atoms with Crippen LogP contribution in [-0.4, -0.2) is 57.9 Å². The lowest BCUT2D eigenvalue weighted by atomic mass is 9.92. The minimum absolute atomic E-state index is 0.0566. The first-order chi connectivity index (χ1) is 22.2. The zero-order valence-electron chi connectivity index (χ0n) is 29.7. The van der Waals surface area contributed by atoms with Gasteiger partial charge in [0, 0.05) is 43.7 Å². The molecule has 260 valence electrons. The molecule has 0 spiro atoms. The Morgan fingerprint density at radius 2 is 1.37 bits per heavy atom. The van der Waals surface area contributed by atoms with Crippen LogP contribution in [0.2, 0.25) is 0 Å². The molecular weight excluding hydrogens is 580 g/mol. The van der Waals surface area contributed by atoms with Crippen LogP contribution in [0.5, 0.6) is 0 Å². The number of carbonyl (C=O) groups excluding carboxylic acids is 2. The second-order valence-electron chi connectivity index (χ2n) is 14.0. The van der Waals surface area contributed by atoms with E-state index in [-0.39, 0.29) is 30.4 Å². The molecule has 0 aliphatic heterocycles. The molecule has 0 atom stereocenters. The molecule has 0 radical (unpaired) electrons. The molecule has 2 amide bonds. The average molecular weight is 643 g/mol. The maximum absolute atomic E-state index is 13.9. The number of unbranched alkanes of at least 4 members (excludes halogenated alkanes) is 12. The molecule has 1 aliphatic rings. The highest BCUT2D eigenvalue weighted by Crippen LogP contribution is 2.40. The fourth-order valence-corrected chi connectivity index (χ4v) is 5.45. The number of carbonyl (C=O) groups is 2. The number of nitrogens with one attached hydrogen (secondary N) is 1. The maximum atomic E-state index is 13.9. The molecule has 0 aromatic carbocycles. The van der Waals surface area contributed by atoms with Crippen LogP contribution in [0.3, 0.4) is 0 Å². The lowest BCUT2D eigenvalue weighted by Gasteiger charge is -2.24. The summed E-state index contributed by atoms with van der Waals surface area (Å²) in [5.41, 5.74) is 1.40. The number of nitrogens with zero attached hydrogens (tertiary/aromatic N) is 5. The summed E-state index contributed by atoms with van der Waals surface area (Å²) in [4.78, 5) is 28.5. The molecule has 10 heteroatoms. The normalized spacial score (nSPS) is 13.3. The first-order valence-corrected chi connectivity index (χ1v) is 18.1. The molecule has 46 heavy (non-hydrogen) atoms. The minimum atomic E-state index is -0.313. The molecule has 2 aromatic rings. The predicted molar refractivity (Wildman–Crippen MR) is 185 cm³/mol. The summed E-state index contributed by atoms with van der Waals surface area (Å²) < 4.78 is 13.3. The van der Waals surface area contributed by atoms with E-state index in [0.29, 0.717) is 30.8 Å². The van der Waals surface area contributed by atoms with Crippen molar-refractivity contribution in [2.75, 3.05) is 36.8 Å². The van der Waals surface area contributed by atoms with Gasteiger partial charge in [0.2, 0.25) is 0 Å². The number of aromatic nitrogens is 4. The fraction of sp³-hybridized carbons (Fsp3) is 0.778. The SMILES string of the molecule is CCCCCCCCCOCC(=O)Nc1cc(C(C)(C)C)nn1N(C(=O)COCCCCCCCCC)c1cc(C2CC2)nn1C. The molecule has 1 aliphatic carbocycles. The summed E-state index contributed by atoms with van der Waals surface area (Å²) in [7, 11) is 1.84. The summed E-state index contributed by atoms with van der Waals surface area (Å²) in [5, 5.41) is 14.0. The first-order valence-electron chi connectivity index (χ1n) is 18.1. The Morgan fingerprint density at radius 3 is 1.91 bits per heavy atom. The number of amides is 2. The Kier molecular flexibility index (Phi) is 16.3. The van der Waals surface area contributed by atoms with Gasteiger partial charge in [-0.1, -0.05) is 112 Å². The minimum Gasteiger partial charge on any atom is -0.372 e. The Labute approximate surface area is 277 Å². The number of anilines is 2. The smallest absolute Gasteiger partial charge is 0.274 e. The van der Waals surface area contributed by atoms with E-state index >= 15 is 0 Å². The van der Waals surface area contributed by atoms with Gasteiger partial charge in [0.05, 0.1) is 11.4 Å². The monoisotopic (exact) mass is 642 g/mol. The van der Waals surface area contributed by atoms with Gasteiger partial charge in [-0.3, -0.25) is 14.3 Å². The quantitative estimate of drug-likeness (QED) is 0.116. The van der Waals surface area contributed by atoms with Crippen molar-refractivity contribution in [3.63, 3.8) is 0 Å². The molecular formula is C36H62N6O4. The van der Waals surface area contributed by atoms with Gasteiger partial charge < -0.3 is 14.8 Å². The lowest BCUT2D eigenvalue weighted by Crippen LogP contribution is -2.42. The summed E-state index contributed by atoms with van der Waals surface area (Å²) in [6.07, 6.45) is 18.8. The van der Waals surface area contributed by atoms with Crippen molar-refractivity contribution in [2.24, 2.45) is 7.05 Å². The number of ether oxygens (including phenoxy) is 2. The fourth-order valence-electron chi connectivity index (χ4n) is 5.45. The van der Waals surface area contributed by atoms with Crippen LogP contribution in [0.1, 0.15) is 155 Å². The largest absolute Gasteiger partial charge is 0.372 e. The van der Waals surface area contributed by atoms with Gasteiger partial charge in [0.15, 0.2) is 11.6 Å². The van der Waals surface area contributed by atoms with Crippen molar-refractivity contribution in [3.05, 3.63) is 23.5 Å². The molecule has 2 heterocycles. The van der Waals surface area contributed by atoms with E-state index < -0.39 is 0 Å². The highest BCUT2D eigenvalue weighted by molar-refractivity contribution is 5.95. The van der Waals surface area contributed by atoms with Crippen molar-refractivity contribution >= 4 is 23.5 Å². The van der Waals surface area contributed by atoms with Gasteiger partial charge in [0.25, 0.3) is 11.8 Å². The number of rotatable bonds is 24. The predicted octanol–water partition coefficient (Wildman–Crippen LogP) is 8.06. The average Bonchev–Trinajstić information content (AvgIpc) is 3.68. The molecule has 0 saturated heterocycles. The van der Waals surface area contributed by atoms with Crippen LogP contribution in [0, 0.1) is 0 Å². The third kappa shape index (κ3) is 12.8. The molecule has 0 bridgehead atoms.